The third kappa shape index (κ3) is 8.65. The number of aromatic nitrogens is 4. The van der Waals surface area contributed by atoms with Crippen LogP contribution in [-0.4, -0.2) is 9.97 Å². The molecular weight excluding hydrogens is 886 g/mol. The average molecular weight is 939 g/mol. The third-order valence-electron chi connectivity index (χ3n) is 12.2. The molecule has 0 saturated heterocycles. The minimum atomic E-state index is 0. The molecule has 0 atom stereocenters. The van der Waals surface area contributed by atoms with Gasteiger partial charge in [-0.3, -0.25) is 0 Å². The molecule has 0 unspecified atom stereocenters. The van der Waals surface area contributed by atoms with Gasteiger partial charge in [0, 0.05) is 5.33 Å². The van der Waals surface area contributed by atoms with Crippen LogP contribution in [0.15, 0.2) is 121 Å². The summed E-state index contributed by atoms with van der Waals surface area (Å²) in [7, 11) is 0. The van der Waals surface area contributed by atoms with Crippen LogP contribution in [0.2, 0.25) is 0 Å². The molecule has 3 aromatic heterocycles. The second-order valence-electron chi connectivity index (χ2n) is 19.6. The fraction of sp³-hybridized carbons (Fsp3) is 0.228. The van der Waals surface area contributed by atoms with Gasteiger partial charge in [-0.1, -0.05) is 200 Å². The van der Waals surface area contributed by atoms with E-state index in [0.29, 0.717) is 5.33 Å². The van der Waals surface area contributed by atoms with Gasteiger partial charge in [-0.05, 0) is 107 Å². The van der Waals surface area contributed by atoms with Crippen LogP contribution in [0.4, 0.5) is 0 Å². The quantitative estimate of drug-likeness (QED) is 0.127. The number of rotatable bonds is 5. The summed E-state index contributed by atoms with van der Waals surface area (Å²) in [4.78, 5) is 22.0. The van der Waals surface area contributed by atoms with Crippen molar-refractivity contribution < 1.29 is 19.5 Å². The van der Waals surface area contributed by atoms with Crippen molar-refractivity contribution in [2.75, 3.05) is 0 Å². The normalized spacial score (nSPS) is 12.7. The molecule has 0 fully saturated rings. The van der Waals surface area contributed by atoms with Gasteiger partial charge in [-0.15, -0.1) is 22.1 Å². The topological polar surface area (TPSA) is 54.0 Å². The van der Waals surface area contributed by atoms with E-state index in [9.17, 15) is 0 Å². The van der Waals surface area contributed by atoms with Gasteiger partial charge in [0.1, 0.15) is 0 Å². The second kappa shape index (κ2) is 16.9. The molecule has 2 aliphatic rings. The van der Waals surface area contributed by atoms with E-state index in [2.05, 4.69) is 224 Å². The number of halogens is 1. The van der Waals surface area contributed by atoms with Crippen LogP contribution < -0.4 is 9.97 Å². The largest absolute Gasteiger partial charge is 2.00 e. The standard InChI is InChI=1S/C57H53BrN4.Zn/c1-55(2,3)39-20-14-35(15-21-39)51-43-26-28-45(59-43)52(36-16-22-40(23-17-36)56(4,5)6)47-30-32-49(61-47)54(42-13-11-10-12-38(42)34-58)50-33-31-48(62-50)53(46-29-27-44(51)60-46)37-18-24-41(25-19-37)57(7,8)9;/h10-33H,34H2,1-9H3;/q-2;+2. The molecule has 5 heterocycles. The molecule has 6 heteroatoms. The zero-order valence-corrected chi connectivity index (χ0v) is 42.5. The third-order valence-corrected chi connectivity index (χ3v) is 12.8. The monoisotopic (exact) mass is 936 g/mol. The van der Waals surface area contributed by atoms with Crippen LogP contribution in [-0.2, 0) is 41.1 Å². The fourth-order valence-corrected chi connectivity index (χ4v) is 9.03. The molecule has 310 valence electrons. The molecule has 9 rings (SSSR count). The Balaban J connectivity index is 0.00000544. The van der Waals surface area contributed by atoms with E-state index in [0.717, 1.165) is 89.4 Å². The van der Waals surface area contributed by atoms with Crippen molar-refractivity contribution in [2.45, 2.75) is 83.9 Å². The number of nitrogens with zero attached hydrogens (tertiary/aromatic N) is 4. The van der Waals surface area contributed by atoms with E-state index in [1.807, 2.05) is 0 Å². The Labute approximate surface area is 394 Å². The molecule has 0 amide bonds. The number of alkyl halides is 1. The van der Waals surface area contributed by atoms with Gasteiger partial charge in [-0.25, -0.2) is 9.97 Å². The number of hydrogen-bond acceptors (Lipinski definition) is 2. The SMILES string of the molecule is CC(C)(C)c1ccc(-c2c3nc(c(-c4ccc(C(C)(C)C)cc4)c4ccc([n-]4)c(-c4ccccc4CBr)c4nc(c(-c5ccc(C(C)(C)C)cc5)c5ccc2[n-]5)C=C4)C=C3)cc1.[Zn+2]. The van der Waals surface area contributed by atoms with E-state index in [1.165, 1.54) is 22.3 Å². The summed E-state index contributed by atoms with van der Waals surface area (Å²) >= 11 is 3.80. The van der Waals surface area contributed by atoms with E-state index in [4.69, 9.17) is 19.9 Å². The fourth-order valence-electron chi connectivity index (χ4n) is 8.54. The van der Waals surface area contributed by atoms with Gasteiger partial charge in [0.25, 0.3) is 0 Å². The summed E-state index contributed by atoms with van der Waals surface area (Å²) < 4.78 is 0. The van der Waals surface area contributed by atoms with E-state index in [-0.39, 0.29) is 35.7 Å². The maximum Gasteiger partial charge on any atom is 2.00 e. The van der Waals surface area contributed by atoms with Crippen molar-refractivity contribution in [3.63, 3.8) is 0 Å². The predicted octanol–water partition coefficient (Wildman–Crippen LogP) is 15.4. The number of fused-ring (bicyclic) bond motifs is 8. The summed E-state index contributed by atoms with van der Waals surface area (Å²) in [6.07, 6.45) is 8.58. The first kappa shape index (κ1) is 44.2. The smallest absolute Gasteiger partial charge is 0.657 e. The molecule has 0 saturated carbocycles. The molecule has 0 radical (unpaired) electrons. The van der Waals surface area contributed by atoms with E-state index >= 15 is 0 Å². The molecular formula is C57H53BrN4Zn. The van der Waals surface area contributed by atoms with Gasteiger partial charge < -0.3 is 9.97 Å². The average Bonchev–Trinajstić information content (AvgIpc) is 4.09. The van der Waals surface area contributed by atoms with Crippen molar-refractivity contribution in [2.24, 2.45) is 0 Å². The van der Waals surface area contributed by atoms with Crippen molar-refractivity contribution >= 4 is 62.3 Å². The Morgan fingerprint density at radius 1 is 0.397 bits per heavy atom. The summed E-state index contributed by atoms with van der Waals surface area (Å²) in [6, 6.07) is 43.9. The van der Waals surface area contributed by atoms with Crippen LogP contribution in [0.25, 0.3) is 90.9 Å². The maximum atomic E-state index is 5.51. The van der Waals surface area contributed by atoms with Gasteiger partial charge in [0.05, 0.1) is 22.8 Å². The number of hydrogen-bond donors (Lipinski definition) is 0. The molecule has 0 N–H and O–H groups in total. The first-order valence-electron chi connectivity index (χ1n) is 21.6. The zero-order chi connectivity index (χ0) is 43.6. The van der Waals surface area contributed by atoms with Crippen LogP contribution >= 0.6 is 15.9 Å². The minimum absolute atomic E-state index is 0. The second-order valence-corrected chi connectivity index (χ2v) is 20.2. The summed E-state index contributed by atoms with van der Waals surface area (Å²) in [5, 5.41) is 0.695. The Hall–Kier alpha value is -5.42. The van der Waals surface area contributed by atoms with Gasteiger partial charge in [0.15, 0.2) is 0 Å². The predicted molar refractivity (Wildman–Crippen MR) is 267 cm³/mol. The first-order valence-corrected chi connectivity index (χ1v) is 22.7. The Morgan fingerprint density at radius 3 is 1.02 bits per heavy atom. The van der Waals surface area contributed by atoms with Crippen LogP contribution in [0, 0.1) is 0 Å². The minimum Gasteiger partial charge on any atom is -0.657 e. The zero-order valence-electron chi connectivity index (χ0n) is 37.9. The van der Waals surface area contributed by atoms with Crippen molar-refractivity contribution in [1.82, 2.24) is 19.9 Å². The van der Waals surface area contributed by atoms with Gasteiger partial charge in [0.2, 0.25) is 0 Å². The van der Waals surface area contributed by atoms with Crippen molar-refractivity contribution in [3.05, 3.63) is 166 Å². The van der Waals surface area contributed by atoms with Crippen molar-refractivity contribution in [1.29, 1.82) is 0 Å². The Bertz CT molecular complexity index is 3010. The van der Waals surface area contributed by atoms with Gasteiger partial charge in [-0.2, -0.15) is 0 Å². The first-order chi connectivity index (χ1) is 29.6. The molecule has 0 spiro atoms. The molecule has 8 bridgehead atoms. The Kier molecular flexibility index (Phi) is 11.9. The summed E-state index contributed by atoms with van der Waals surface area (Å²) in [5.41, 5.74) is 20.1. The maximum absolute atomic E-state index is 5.51. The van der Waals surface area contributed by atoms with E-state index < -0.39 is 0 Å². The molecule has 4 aromatic carbocycles. The summed E-state index contributed by atoms with van der Waals surface area (Å²) in [5.74, 6) is 0. The van der Waals surface area contributed by atoms with Crippen LogP contribution in [0.3, 0.4) is 0 Å². The molecule has 7 aromatic rings. The molecule has 0 aliphatic carbocycles. The van der Waals surface area contributed by atoms with Crippen LogP contribution in [0.1, 0.15) is 107 Å². The Morgan fingerprint density at radius 2 is 0.698 bits per heavy atom. The van der Waals surface area contributed by atoms with E-state index in [1.54, 1.807) is 0 Å². The van der Waals surface area contributed by atoms with Crippen LogP contribution in [0.5, 0.6) is 0 Å². The molecule has 63 heavy (non-hydrogen) atoms. The molecule has 4 nitrogen and oxygen atoms in total. The van der Waals surface area contributed by atoms with Gasteiger partial charge >= 0.3 is 19.5 Å². The summed E-state index contributed by atoms with van der Waals surface area (Å²) in [6.45, 7) is 20.3. The molecule has 2 aliphatic heterocycles. The number of benzene rings is 4. The van der Waals surface area contributed by atoms with Crippen molar-refractivity contribution in [3.8, 4) is 44.5 Å².